The van der Waals surface area contributed by atoms with Gasteiger partial charge >= 0.3 is 0 Å². The average molecular weight is 306 g/mol. The predicted octanol–water partition coefficient (Wildman–Crippen LogP) is 1.70. The number of carbonyl (C=O) groups excluding carboxylic acids is 1. The highest BCUT2D eigenvalue weighted by atomic mass is 35.5. The minimum absolute atomic E-state index is 0.0314. The lowest BCUT2D eigenvalue weighted by Crippen LogP contribution is -2.54. The molecule has 1 amide bonds. The van der Waals surface area contributed by atoms with Crippen molar-refractivity contribution < 1.29 is 9.53 Å². The topological polar surface area (TPSA) is 65.4 Å². The van der Waals surface area contributed by atoms with Gasteiger partial charge in [-0.2, -0.15) is 5.26 Å². The molecule has 1 saturated heterocycles. The average Bonchev–Trinajstić information content (AvgIpc) is 3.31. The molecular weight excluding hydrogens is 290 g/mol. The lowest BCUT2D eigenvalue weighted by Gasteiger charge is -2.36. The molecule has 1 aromatic rings. The fraction of sp³-hybridized carbons (Fsp3) is 0.467. The first-order chi connectivity index (χ1) is 10.2. The molecule has 0 aromatic heterocycles. The summed E-state index contributed by atoms with van der Waals surface area (Å²) in [7, 11) is 0. The number of nitriles is 1. The van der Waals surface area contributed by atoms with Gasteiger partial charge in [0.2, 0.25) is 5.91 Å². The van der Waals surface area contributed by atoms with Gasteiger partial charge in [-0.3, -0.25) is 4.79 Å². The molecule has 1 heterocycles. The van der Waals surface area contributed by atoms with Crippen LogP contribution in [0.3, 0.4) is 0 Å². The number of halogens is 1. The van der Waals surface area contributed by atoms with Gasteiger partial charge in [0, 0.05) is 17.6 Å². The Morgan fingerprint density at radius 2 is 2.29 bits per heavy atom. The first kappa shape index (κ1) is 14.2. The summed E-state index contributed by atoms with van der Waals surface area (Å²) < 4.78 is 5.44. The molecule has 3 rings (SSSR count). The van der Waals surface area contributed by atoms with Crippen LogP contribution in [0.1, 0.15) is 18.4 Å². The predicted molar refractivity (Wildman–Crippen MR) is 79.3 cm³/mol. The van der Waals surface area contributed by atoms with Crippen LogP contribution in [-0.2, 0) is 9.53 Å². The molecule has 0 spiro atoms. The number of hydrogen-bond acceptors (Lipinski definition) is 4. The van der Waals surface area contributed by atoms with Crippen molar-refractivity contribution in [3.05, 3.63) is 28.8 Å². The normalized spacial score (nSPS) is 21.7. The lowest BCUT2D eigenvalue weighted by molar-refractivity contribution is -0.124. The molecule has 1 aromatic carbocycles. The fourth-order valence-electron chi connectivity index (χ4n) is 2.48. The molecule has 1 saturated carbocycles. The summed E-state index contributed by atoms with van der Waals surface area (Å²) in [5, 5.41) is 12.8. The van der Waals surface area contributed by atoms with Gasteiger partial charge in [0.05, 0.1) is 24.5 Å². The van der Waals surface area contributed by atoms with E-state index in [0.717, 1.165) is 18.5 Å². The zero-order valence-electron chi connectivity index (χ0n) is 11.5. The summed E-state index contributed by atoms with van der Waals surface area (Å²) in [6.07, 6.45) is 2.09. The van der Waals surface area contributed by atoms with E-state index >= 15 is 0 Å². The van der Waals surface area contributed by atoms with E-state index in [9.17, 15) is 10.1 Å². The van der Waals surface area contributed by atoms with Gasteiger partial charge in [0.15, 0.2) is 0 Å². The van der Waals surface area contributed by atoms with E-state index < -0.39 is 6.04 Å². The molecule has 1 N–H and O–H groups in total. The summed E-state index contributed by atoms with van der Waals surface area (Å²) in [5.74, 6) is -0.0314. The van der Waals surface area contributed by atoms with Crippen LogP contribution >= 0.6 is 11.6 Å². The second-order valence-electron chi connectivity index (χ2n) is 5.34. The Hall–Kier alpha value is -1.77. The summed E-state index contributed by atoms with van der Waals surface area (Å²) in [6, 6.07) is 7.22. The van der Waals surface area contributed by atoms with Crippen LogP contribution in [0.4, 0.5) is 5.69 Å². The third kappa shape index (κ3) is 3.12. The van der Waals surface area contributed by atoms with Crippen LogP contribution in [0.15, 0.2) is 18.2 Å². The Kier molecular flexibility index (Phi) is 4.00. The maximum absolute atomic E-state index is 12.4. The quantitative estimate of drug-likeness (QED) is 0.923. The third-order valence-corrected chi connectivity index (χ3v) is 3.98. The molecule has 0 radical (unpaired) electrons. The van der Waals surface area contributed by atoms with E-state index in [1.165, 1.54) is 0 Å². The Morgan fingerprint density at radius 3 is 3.00 bits per heavy atom. The third-order valence-electron chi connectivity index (χ3n) is 3.74. The van der Waals surface area contributed by atoms with Crippen molar-refractivity contribution in [1.29, 1.82) is 5.26 Å². The van der Waals surface area contributed by atoms with Crippen LogP contribution in [0.25, 0.3) is 0 Å². The molecule has 1 atom stereocenters. The largest absolute Gasteiger partial charge is 0.377 e. The number of amides is 1. The molecule has 21 heavy (non-hydrogen) atoms. The summed E-state index contributed by atoms with van der Waals surface area (Å²) in [5.41, 5.74) is 1.22. The van der Waals surface area contributed by atoms with E-state index in [1.807, 2.05) is 4.90 Å². The highest BCUT2D eigenvalue weighted by Gasteiger charge is 2.34. The number of benzene rings is 1. The smallest absolute Gasteiger partial charge is 0.245 e. The molecule has 110 valence electrons. The van der Waals surface area contributed by atoms with Crippen molar-refractivity contribution in [2.24, 2.45) is 0 Å². The molecule has 2 fully saturated rings. The highest BCUT2D eigenvalue weighted by molar-refractivity contribution is 6.30. The van der Waals surface area contributed by atoms with Crippen molar-refractivity contribution in [2.75, 3.05) is 24.7 Å². The summed E-state index contributed by atoms with van der Waals surface area (Å²) in [6.45, 7) is 1.46. The molecule has 1 aliphatic carbocycles. The van der Waals surface area contributed by atoms with E-state index in [2.05, 4.69) is 11.4 Å². The molecule has 1 aliphatic heterocycles. The second-order valence-corrected chi connectivity index (χ2v) is 5.78. The van der Waals surface area contributed by atoms with Crippen molar-refractivity contribution in [3.8, 4) is 6.07 Å². The lowest BCUT2D eigenvalue weighted by atomic mass is 10.1. The monoisotopic (exact) mass is 305 g/mol. The zero-order valence-corrected chi connectivity index (χ0v) is 12.3. The van der Waals surface area contributed by atoms with Crippen molar-refractivity contribution >= 4 is 23.2 Å². The minimum Gasteiger partial charge on any atom is -0.377 e. The highest BCUT2D eigenvalue weighted by Crippen LogP contribution is 2.27. The zero-order chi connectivity index (χ0) is 14.8. The van der Waals surface area contributed by atoms with Crippen molar-refractivity contribution in [2.45, 2.75) is 24.9 Å². The van der Waals surface area contributed by atoms with Gasteiger partial charge in [-0.15, -0.1) is 0 Å². The molecule has 5 nitrogen and oxygen atoms in total. The minimum atomic E-state index is -0.396. The first-order valence-electron chi connectivity index (χ1n) is 7.03. The Balaban J connectivity index is 1.86. The van der Waals surface area contributed by atoms with Crippen LogP contribution < -0.4 is 10.2 Å². The van der Waals surface area contributed by atoms with Gasteiger partial charge in [-0.1, -0.05) is 11.6 Å². The number of carbonyl (C=O) groups is 1. The maximum Gasteiger partial charge on any atom is 0.245 e. The van der Waals surface area contributed by atoms with Crippen LogP contribution in [0.2, 0.25) is 5.02 Å². The maximum atomic E-state index is 12.4. The Morgan fingerprint density at radius 1 is 1.48 bits per heavy atom. The number of hydrogen-bond donors (Lipinski definition) is 1. The fourth-order valence-corrected chi connectivity index (χ4v) is 2.65. The second kappa shape index (κ2) is 5.92. The molecule has 0 bridgehead atoms. The van der Waals surface area contributed by atoms with Crippen molar-refractivity contribution in [3.63, 3.8) is 0 Å². The summed E-state index contributed by atoms with van der Waals surface area (Å²) in [4.78, 5) is 14.3. The van der Waals surface area contributed by atoms with Gasteiger partial charge in [-0.25, -0.2) is 0 Å². The van der Waals surface area contributed by atoms with Gasteiger partial charge in [-0.05, 0) is 31.0 Å². The number of rotatable bonds is 3. The summed E-state index contributed by atoms with van der Waals surface area (Å²) >= 11 is 5.94. The van der Waals surface area contributed by atoms with Crippen LogP contribution in [0, 0.1) is 11.3 Å². The standard InChI is InChI=1S/C15H16ClN3O2/c16-11-1-4-13(10(7-11)8-17)19-5-6-21-9-14(19)15(20)18-12-2-3-12/h1,4,7,12,14H,2-3,5-6,9H2,(H,18,20). The van der Waals surface area contributed by atoms with Crippen LogP contribution in [-0.4, -0.2) is 37.7 Å². The van der Waals surface area contributed by atoms with E-state index in [1.54, 1.807) is 18.2 Å². The van der Waals surface area contributed by atoms with E-state index in [0.29, 0.717) is 36.4 Å². The number of ether oxygens (including phenoxy) is 1. The van der Waals surface area contributed by atoms with Gasteiger partial charge in [0.1, 0.15) is 12.1 Å². The molecule has 6 heteroatoms. The van der Waals surface area contributed by atoms with E-state index in [-0.39, 0.29) is 5.91 Å². The SMILES string of the molecule is N#Cc1cc(Cl)ccc1N1CCOCC1C(=O)NC1CC1. The van der Waals surface area contributed by atoms with E-state index in [4.69, 9.17) is 16.3 Å². The Labute approximate surface area is 128 Å². The Bertz CT molecular complexity index is 595. The first-order valence-corrected chi connectivity index (χ1v) is 7.41. The molecular formula is C15H16ClN3O2. The van der Waals surface area contributed by atoms with Crippen LogP contribution in [0.5, 0.6) is 0 Å². The molecule has 2 aliphatic rings. The van der Waals surface area contributed by atoms with Gasteiger partial charge in [0.25, 0.3) is 0 Å². The number of anilines is 1. The number of nitrogens with zero attached hydrogens (tertiary/aromatic N) is 2. The number of morpholine rings is 1. The van der Waals surface area contributed by atoms with Crippen molar-refractivity contribution in [1.82, 2.24) is 5.32 Å². The number of nitrogens with one attached hydrogen (secondary N) is 1. The van der Waals surface area contributed by atoms with Gasteiger partial charge < -0.3 is 15.0 Å². The molecule has 1 unspecified atom stereocenters.